The lowest BCUT2D eigenvalue weighted by molar-refractivity contribution is -0.137. The highest BCUT2D eigenvalue weighted by Gasteiger charge is 2.32. The van der Waals surface area contributed by atoms with Gasteiger partial charge < -0.3 is 10.5 Å². The molecule has 1 amide bonds. The normalized spacial score (nSPS) is 11.6. The predicted octanol–water partition coefficient (Wildman–Crippen LogP) is 5.19. The molecular formula is C15H14Cl2F3N3O2. The average molecular weight is 396 g/mol. The number of carbonyl (C=O) groups excluding carboxylic acids is 1. The molecule has 0 saturated carbocycles. The van der Waals surface area contributed by atoms with Crippen LogP contribution in [0.15, 0.2) is 12.1 Å². The molecule has 136 valence electrons. The fraction of sp³-hybridized carbons (Fsp3) is 0.333. The van der Waals surface area contributed by atoms with Gasteiger partial charge in [-0.15, -0.1) is 5.10 Å². The van der Waals surface area contributed by atoms with Gasteiger partial charge in [0, 0.05) is 5.56 Å². The summed E-state index contributed by atoms with van der Waals surface area (Å²) in [5.41, 5.74) is 5.31. The van der Waals surface area contributed by atoms with E-state index in [2.05, 4.69) is 5.10 Å². The second kappa shape index (κ2) is 7.13. The van der Waals surface area contributed by atoms with Gasteiger partial charge in [0.25, 0.3) is 0 Å². The summed E-state index contributed by atoms with van der Waals surface area (Å²) in [5, 5.41) is 3.31. The van der Waals surface area contributed by atoms with Crippen LogP contribution in [0.3, 0.4) is 0 Å². The summed E-state index contributed by atoms with van der Waals surface area (Å²) in [4.78, 5) is 11.4. The number of nitrogens with zero attached hydrogens (tertiary/aromatic N) is 2. The van der Waals surface area contributed by atoms with E-state index in [1.165, 1.54) is 0 Å². The van der Waals surface area contributed by atoms with E-state index >= 15 is 0 Å². The van der Waals surface area contributed by atoms with Crippen LogP contribution in [0.1, 0.15) is 30.2 Å². The first-order valence-corrected chi connectivity index (χ1v) is 7.94. The summed E-state index contributed by atoms with van der Waals surface area (Å²) < 4.78 is 44.9. The summed E-state index contributed by atoms with van der Waals surface area (Å²) in [6.07, 6.45) is -3.36. The zero-order valence-corrected chi connectivity index (χ0v) is 14.8. The minimum absolute atomic E-state index is 0.0155. The molecule has 0 atom stereocenters. The highest BCUT2D eigenvalue weighted by Crippen LogP contribution is 2.42. The molecule has 0 bridgehead atoms. The Morgan fingerprint density at radius 1 is 1.32 bits per heavy atom. The van der Waals surface area contributed by atoms with Crippen molar-refractivity contribution in [3.63, 3.8) is 0 Å². The maximum Gasteiger partial charge on any atom is 0.416 e. The summed E-state index contributed by atoms with van der Waals surface area (Å²) in [6.45, 7) is 3.54. The summed E-state index contributed by atoms with van der Waals surface area (Å²) in [7, 11) is 0. The smallest absolute Gasteiger partial charge is 0.416 e. The zero-order chi connectivity index (χ0) is 18.9. The van der Waals surface area contributed by atoms with Gasteiger partial charge in [0.05, 0.1) is 21.3 Å². The van der Waals surface area contributed by atoms with Crippen molar-refractivity contribution in [2.24, 2.45) is 5.73 Å². The highest BCUT2D eigenvalue weighted by molar-refractivity contribution is 6.37. The lowest BCUT2D eigenvalue weighted by Gasteiger charge is -2.12. The summed E-state index contributed by atoms with van der Waals surface area (Å²) >= 11 is 11.8. The molecule has 0 spiro atoms. The molecule has 2 N–H and O–H groups in total. The highest BCUT2D eigenvalue weighted by atomic mass is 35.5. The van der Waals surface area contributed by atoms with Crippen molar-refractivity contribution in [3.05, 3.63) is 39.0 Å². The lowest BCUT2D eigenvalue weighted by atomic mass is 10.1. The third kappa shape index (κ3) is 4.01. The van der Waals surface area contributed by atoms with E-state index in [0.717, 1.165) is 11.1 Å². The largest absolute Gasteiger partial charge is 0.434 e. The van der Waals surface area contributed by atoms with Gasteiger partial charge in [-0.1, -0.05) is 36.5 Å². The van der Waals surface area contributed by atoms with E-state index in [1.807, 2.05) is 6.92 Å². The molecular weight excluding hydrogens is 382 g/mol. The number of ether oxygens (including phenoxy) is 1. The predicted molar refractivity (Wildman–Crippen MR) is 87.5 cm³/mol. The number of aromatic nitrogens is 2. The fourth-order valence-corrected chi connectivity index (χ4v) is 2.83. The van der Waals surface area contributed by atoms with E-state index in [1.54, 1.807) is 6.92 Å². The molecule has 1 heterocycles. The van der Waals surface area contributed by atoms with Crippen LogP contribution in [0.5, 0.6) is 11.6 Å². The standard InChI is InChI=1S/C15H14Cl2F3N3O2/c1-3-4-9-7(2)23(14(21)24)22-13(9)25-12-10(16)5-8(6-11(12)17)15(18,19)20/h5-6H,3-4H2,1-2H3,(H2,21,24). The van der Waals surface area contributed by atoms with Crippen LogP contribution in [0.2, 0.25) is 10.0 Å². The molecule has 2 rings (SSSR count). The lowest BCUT2D eigenvalue weighted by Crippen LogP contribution is -2.22. The average Bonchev–Trinajstić information content (AvgIpc) is 2.79. The number of nitrogens with two attached hydrogens (primary N) is 1. The van der Waals surface area contributed by atoms with Crippen molar-refractivity contribution in [3.8, 4) is 11.6 Å². The Hall–Kier alpha value is -1.93. The first-order valence-electron chi connectivity index (χ1n) is 7.18. The third-order valence-corrected chi connectivity index (χ3v) is 4.00. The van der Waals surface area contributed by atoms with Crippen molar-refractivity contribution >= 4 is 29.2 Å². The van der Waals surface area contributed by atoms with Crippen LogP contribution in [0, 0.1) is 6.92 Å². The monoisotopic (exact) mass is 395 g/mol. The maximum atomic E-state index is 12.8. The molecule has 25 heavy (non-hydrogen) atoms. The van der Waals surface area contributed by atoms with Crippen LogP contribution >= 0.6 is 23.2 Å². The van der Waals surface area contributed by atoms with Crippen molar-refractivity contribution in [2.75, 3.05) is 0 Å². The molecule has 10 heteroatoms. The minimum Gasteiger partial charge on any atom is -0.434 e. The number of benzene rings is 1. The van der Waals surface area contributed by atoms with Gasteiger partial charge in [0.15, 0.2) is 5.75 Å². The Morgan fingerprint density at radius 2 is 1.88 bits per heavy atom. The summed E-state index contributed by atoms with van der Waals surface area (Å²) in [6, 6.07) is 0.606. The Labute approximate surface area is 151 Å². The number of carbonyl (C=O) groups is 1. The number of halogens is 5. The van der Waals surface area contributed by atoms with E-state index in [4.69, 9.17) is 33.7 Å². The second-order valence-corrected chi connectivity index (χ2v) is 6.05. The van der Waals surface area contributed by atoms with Gasteiger partial charge in [0.1, 0.15) is 0 Å². The Kier molecular flexibility index (Phi) is 5.53. The van der Waals surface area contributed by atoms with Crippen molar-refractivity contribution in [1.29, 1.82) is 0 Å². The molecule has 1 aromatic carbocycles. The zero-order valence-electron chi connectivity index (χ0n) is 13.2. The number of amides is 1. The number of rotatable bonds is 4. The Balaban J connectivity index is 2.50. The molecule has 0 unspecified atom stereocenters. The van der Waals surface area contributed by atoms with Crippen molar-refractivity contribution in [2.45, 2.75) is 32.9 Å². The molecule has 5 nitrogen and oxygen atoms in total. The van der Waals surface area contributed by atoms with Gasteiger partial charge in [-0.2, -0.15) is 17.9 Å². The molecule has 0 fully saturated rings. The maximum absolute atomic E-state index is 12.8. The first-order chi connectivity index (χ1) is 11.6. The molecule has 0 aliphatic rings. The fourth-order valence-electron chi connectivity index (χ4n) is 2.26. The van der Waals surface area contributed by atoms with E-state index < -0.39 is 17.8 Å². The number of hydrogen-bond acceptors (Lipinski definition) is 3. The van der Waals surface area contributed by atoms with Crippen LogP contribution < -0.4 is 10.5 Å². The molecule has 0 radical (unpaired) electrons. The SMILES string of the molecule is CCCc1c(Oc2c(Cl)cc(C(F)(F)F)cc2Cl)nn(C(N)=O)c1C. The second-order valence-electron chi connectivity index (χ2n) is 5.24. The quantitative estimate of drug-likeness (QED) is 0.774. The molecule has 2 aromatic rings. The minimum atomic E-state index is -4.59. The molecule has 0 aliphatic carbocycles. The van der Waals surface area contributed by atoms with Gasteiger partial charge in [0.2, 0.25) is 5.88 Å². The van der Waals surface area contributed by atoms with Gasteiger partial charge in [-0.3, -0.25) is 0 Å². The van der Waals surface area contributed by atoms with E-state index in [9.17, 15) is 18.0 Å². The van der Waals surface area contributed by atoms with Gasteiger partial charge >= 0.3 is 12.2 Å². The summed E-state index contributed by atoms with van der Waals surface area (Å²) in [5.74, 6) is -0.162. The van der Waals surface area contributed by atoms with Crippen LogP contribution in [0.4, 0.5) is 18.0 Å². The van der Waals surface area contributed by atoms with E-state index in [0.29, 0.717) is 29.8 Å². The number of primary amides is 1. The molecule has 0 saturated heterocycles. The topological polar surface area (TPSA) is 70.1 Å². The first kappa shape index (κ1) is 19.4. The van der Waals surface area contributed by atoms with Crippen molar-refractivity contribution in [1.82, 2.24) is 9.78 Å². The van der Waals surface area contributed by atoms with Crippen LogP contribution in [-0.4, -0.2) is 15.8 Å². The van der Waals surface area contributed by atoms with Crippen LogP contribution in [-0.2, 0) is 12.6 Å². The number of alkyl halides is 3. The Bertz CT molecular complexity index is 796. The number of hydrogen-bond donors (Lipinski definition) is 1. The van der Waals surface area contributed by atoms with E-state index in [-0.39, 0.29) is 21.7 Å². The Morgan fingerprint density at radius 3 is 2.32 bits per heavy atom. The molecule has 0 aliphatic heterocycles. The van der Waals surface area contributed by atoms with Crippen molar-refractivity contribution < 1.29 is 22.7 Å². The third-order valence-electron chi connectivity index (χ3n) is 3.44. The molecule has 1 aromatic heterocycles. The van der Waals surface area contributed by atoms with Gasteiger partial charge in [-0.05, 0) is 25.5 Å². The van der Waals surface area contributed by atoms with Gasteiger partial charge in [-0.25, -0.2) is 4.79 Å². The van der Waals surface area contributed by atoms with Crippen LogP contribution in [0.25, 0.3) is 0 Å².